The van der Waals surface area contributed by atoms with Gasteiger partial charge in [-0.25, -0.2) is 33.7 Å². The number of allylic oxidation sites excluding steroid dienone is 7. The molecule has 2 aromatic rings. The van der Waals surface area contributed by atoms with Gasteiger partial charge < -0.3 is 23.1 Å². The summed E-state index contributed by atoms with van der Waals surface area (Å²) in [5, 5.41) is 0. The average Bonchev–Trinajstić information content (AvgIpc) is 3.68. The van der Waals surface area contributed by atoms with Gasteiger partial charge in [0.15, 0.2) is 12.3 Å². The first-order valence-corrected chi connectivity index (χ1v) is 22.8. The molecular formula is C35H37N2O12S4-3. The number of hydrogen-bond donors (Lipinski definition) is 0. The van der Waals surface area contributed by atoms with Crippen LogP contribution in [-0.4, -0.2) is 92.5 Å². The minimum Gasteiger partial charge on any atom is -0.748 e. The number of hydrogen-bond acceptors (Lipinski definition) is 13. The van der Waals surface area contributed by atoms with Gasteiger partial charge in [-0.1, -0.05) is 42.0 Å². The van der Waals surface area contributed by atoms with Gasteiger partial charge in [0.1, 0.15) is 20.2 Å². The van der Waals surface area contributed by atoms with E-state index in [1.807, 2.05) is 36.9 Å². The summed E-state index contributed by atoms with van der Waals surface area (Å²) in [7, 11) is -18.8. The second-order valence-electron chi connectivity index (χ2n) is 14.3. The molecule has 0 amide bonds. The zero-order valence-electron chi connectivity index (χ0n) is 29.1. The number of rotatable bonds is 12. The highest BCUT2D eigenvalue weighted by atomic mass is 32.2. The summed E-state index contributed by atoms with van der Waals surface area (Å²) < 4.78 is 143. The Kier molecular flexibility index (Phi) is 9.89. The molecule has 2 heterocycles. The van der Waals surface area contributed by atoms with Crippen LogP contribution in [0.1, 0.15) is 56.2 Å². The van der Waals surface area contributed by atoms with E-state index in [0.717, 1.165) is 34.2 Å². The van der Waals surface area contributed by atoms with Crippen LogP contribution in [0.5, 0.6) is 0 Å². The van der Waals surface area contributed by atoms with Crippen LogP contribution in [0.25, 0.3) is 0 Å². The zero-order chi connectivity index (χ0) is 38.9. The minimum absolute atomic E-state index is 0.0833. The van der Waals surface area contributed by atoms with Crippen molar-refractivity contribution < 1.29 is 56.5 Å². The molecule has 2 aliphatic carbocycles. The van der Waals surface area contributed by atoms with Crippen molar-refractivity contribution in [3.63, 3.8) is 0 Å². The highest BCUT2D eigenvalue weighted by Crippen LogP contribution is 2.56. The van der Waals surface area contributed by atoms with Crippen molar-refractivity contribution >= 4 is 57.6 Å². The first-order valence-electron chi connectivity index (χ1n) is 16.7. The van der Waals surface area contributed by atoms with Gasteiger partial charge in [0, 0.05) is 40.5 Å². The van der Waals surface area contributed by atoms with Gasteiger partial charge in [0.2, 0.25) is 5.69 Å². The summed E-state index contributed by atoms with van der Waals surface area (Å²) in [5.41, 5.74) is 5.10. The fourth-order valence-corrected chi connectivity index (χ4v) is 10.2. The molecule has 2 unspecified atom stereocenters. The first-order chi connectivity index (χ1) is 24.4. The van der Waals surface area contributed by atoms with E-state index in [1.165, 1.54) is 24.3 Å². The normalized spacial score (nSPS) is 24.1. The molecule has 6 rings (SSSR count). The largest absolute Gasteiger partial charge is 0.748 e. The van der Waals surface area contributed by atoms with E-state index in [2.05, 4.69) is 0 Å². The number of aryl methyl sites for hydroxylation is 1. The van der Waals surface area contributed by atoms with Gasteiger partial charge in [-0.2, -0.15) is 4.58 Å². The quantitative estimate of drug-likeness (QED) is 0.171. The molecule has 1 fully saturated rings. The highest BCUT2D eigenvalue weighted by molar-refractivity contribution is 7.86. The molecule has 0 radical (unpaired) electrons. The van der Waals surface area contributed by atoms with E-state index in [4.69, 9.17) is 0 Å². The van der Waals surface area contributed by atoms with Crippen LogP contribution in [0, 0.1) is 6.92 Å². The van der Waals surface area contributed by atoms with Crippen LogP contribution < -0.4 is 4.90 Å². The molecule has 2 atom stereocenters. The maximum atomic E-state index is 12.1. The van der Waals surface area contributed by atoms with E-state index < -0.39 is 73.5 Å². The summed E-state index contributed by atoms with van der Waals surface area (Å²) in [6.07, 6.45) is 8.26. The van der Waals surface area contributed by atoms with E-state index in [9.17, 15) is 51.9 Å². The second-order valence-corrected chi connectivity index (χ2v) is 20.2. The Labute approximate surface area is 309 Å². The molecule has 53 heavy (non-hydrogen) atoms. The van der Waals surface area contributed by atoms with Crippen LogP contribution in [0.15, 0.2) is 88.0 Å². The molecule has 0 spiro atoms. The lowest BCUT2D eigenvalue weighted by atomic mass is 9.81. The topological polar surface area (TPSA) is 235 Å². The van der Waals surface area contributed by atoms with Gasteiger partial charge in [-0.15, -0.1) is 0 Å². The Bertz CT molecular complexity index is 2530. The van der Waals surface area contributed by atoms with Crippen molar-refractivity contribution in [2.24, 2.45) is 0 Å². The third kappa shape index (κ3) is 7.86. The number of fused-ring (bicyclic) bond motifs is 6. The van der Waals surface area contributed by atoms with Crippen molar-refractivity contribution in [2.75, 3.05) is 35.2 Å². The standard InChI is InChI=1S/C35H40N2O12S4/c1-23-4-10-30-28(20-23)34(2)14-12-25(32(34)36(30)16-18-50(38,39)40)7-5-24(22-52(44,45)46)6-8-26-13-15-35(3)29-21-27(53(47,48)49)9-11-31(29)37(33(26)35)17-19-51(41,42)43/h4-11,20-21H,12-19,22H2,1-3H3,(H3-,38,39,40,41,42,43,44,45,46,47,48,49)/p-3. The summed E-state index contributed by atoms with van der Waals surface area (Å²) in [4.78, 5) is 1.35. The Morgan fingerprint density at radius 1 is 0.830 bits per heavy atom. The fraction of sp³-hybridized carbons (Fsp3) is 0.400. The Hall–Kier alpha value is -3.49. The zero-order valence-corrected chi connectivity index (χ0v) is 32.3. The van der Waals surface area contributed by atoms with Gasteiger partial charge in [-0.3, -0.25) is 0 Å². The van der Waals surface area contributed by atoms with Crippen molar-refractivity contribution in [1.82, 2.24) is 0 Å². The Morgan fingerprint density at radius 2 is 1.51 bits per heavy atom. The van der Waals surface area contributed by atoms with E-state index >= 15 is 0 Å². The molecule has 286 valence electrons. The van der Waals surface area contributed by atoms with Crippen LogP contribution in [0.3, 0.4) is 0 Å². The van der Waals surface area contributed by atoms with Gasteiger partial charge in [0.25, 0.3) is 0 Å². The molecule has 0 N–H and O–H groups in total. The molecule has 2 aliphatic heterocycles. The Morgan fingerprint density at radius 3 is 2.15 bits per heavy atom. The number of anilines is 1. The number of benzene rings is 2. The van der Waals surface area contributed by atoms with Crippen molar-refractivity contribution in [2.45, 2.75) is 62.2 Å². The van der Waals surface area contributed by atoms with Crippen LogP contribution in [-0.2, 0) is 51.3 Å². The summed E-state index contributed by atoms with van der Waals surface area (Å²) in [6.45, 7) is 5.43. The molecule has 18 heteroatoms. The molecule has 0 aromatic heterocycles. The summed E-state index contributed by atoms with van der Waals surface area (Å²) >= 11 is 0. The van der Waals surface area contributed by atoms with Gasteiger partial charge in [-0.05, 0) is 81.4 Å². The van der Waals surface area contributed by atoms with Gasteiger partial charge in [0.05, 0.1) is 47.8 Å². The predicted octanol–water partition coefficient (Wildman–Crippen LogP) is 2.92. The lowest BCUT2D eigenvalue weighted by molar-refractivity contribution is -0.432. The third-order valence-electron chi connectivity index (χ3n) is 10.6. The molecule has 2 aromatic carbocycles. The van der Waals surface area contributed by atoms with Crippen molar-refractivity contribution in [3.8, 4) is 0 Å². The average molecular weight is 806 g/mol. The van der Waals surface area contributed by atoms with Crippen molar-refractivity contribution in [3.05, 3.63) is 99.8 Å². The maximum absolute atomic E-state index is 12.1. The molecule has 1 saturated carbocycles. The number of nitrogens with zero attached hydrogens (tertiary/aromatic N) is 2. The minimum atomic E-state index is -4.83. The smallest absolute Gasteiger partial charge is 0.209 e. The van der Waals surface area contributed by atoms with Crippen molar-refractivity contribution in [1.29, 1.82) is 0 Å². The fourth-order valence-electron chi connectivity index (χ4n) is 8.30. The molecule has 14 nitrogen and oxygen atoms in total. The molecule has 0 bridgehead atoms. The first kappa shape index (κ1) is 39.2. The molecular weight excluding hydrogens is 769 g/mol. The van der Waals surface area contributed by atoms with Gasteiger partial charge >= 0.3 is 0 Å². The third-order valence-corrected chi connectivity index (χ3v) is 13.5. The second kappa shape index (κ2) is 13.4. The maximum Gasteiger partial charge on any atom is 0.209 e. The summed E-state index contributed by atoms with van der Waals surface area (Å²) in [5.74, 6) is -2.27. The Balaban J connectivity index is 1.43. The van der Waals surface area contributed by atoms with E-state index in [1.54, 1.807) is 23.7 Å². The SMILES string of the molecule is Cc1ccc2c(c1)C1(C)CCC(/C=C/C(=C/C=C3\CCC4(C)C3=[N+](CCS(=O)(=O)[O-])c3ccc(S(=O)(=O)[O-])cc34)CS(=O)(=O)[O-])=C1N2CCS(=O)(=O)[O-]. The van der Waals surface area contributed by atoms with Crippen LogP contribution in [0.4, 0.5) is 11.4 Å². The molecule has 0 saturated heterocycles. The lowest BCUT2D eigenvalue weighted by Gasteiger charge is -2.27. The van der Waals surface area contributed by atoms with Crippen LogP contribution in [0.2, 0.25) is 0 Å². The lowest BCUT2D eigenvalue weighted by Crippen LogP contribution is -2.30. The predicted molar refractivity (Wildman–Crippen MR) is 192 cm³/mol. The highest BCUT2D eigenvalue weighted by Gasteiger charge is 2.54. The molecule has 4 aliphatic rings. The summed E-state index contributed by atoms with van der Waals surface area (Å²) in [6, 6.07) is 9.56. The monoisotopic (exact) mass is 805 g/mol. The van der Waals surface area contributed by atoms with E-state index in [0.29, 0.717) is 48.2 Å². The van der Waals surface area contributed by atoms with E-state index in [-0.39, 0.29) is 18.7 Å². The van der Waals surface area contributed by atoms with Crippen LogP contribution >= 0.6 is 0 Å².